The molecule has 0 aromatic carbocycles. The second kappa shape index (κ2) is 8.44. The Morgan fingerprint density at radius 2 is 2.15 bits per heavy atom. The molecule has 2 heterocycles. The first-order chi connectivity index (χ1) is 12.2. The molecule has 0 aliphatic carbocycles. The largest absolute Gasteiger partial charge is 0.490 e. The molecule has 1 aromatic heterocycles. The number of rotatable bonds is 5. The van der Waals surface area contributed by atoms with Crippen LogP contribution >= 0.6 is 11.6 Å². The number of nitrogens with one attached hydrogen (secondary N) is 1. The third kappa shape index (κ3) is 5.66. The summed E-state index contributed by atoms with van der Waals surface area (Å²) in [5.41, 5.74) is 0.0758. The Kier molecular flexibility index (Phi) is 6.52. The van der Waals surface area contributed by atoms with Crippen LogP contribution in [0.4, 0.5) is 9.59 Å². The summed E-state index contributed by atoms with van der Waals surface area (Å²) in [5, 5.41) is 2.81. The van der Waals surface area contributed by atoms with Crippen molar-refractivity contribution in [3.8, 4) is 5.75 Å². The number of ether oxygens (including phenoxy) is 3. The lowest BCUT2D eigenvalue weighted by molar-refractivity contribution is -0.0141. The maximum Gasteiger partial charge on any atom is 0.410 e. The number of pyridine rings is 1. The van der Waals surface area contributed by atoms with Crippen molar-refractivity contribution in [2.75, 3.05) is 20.3 Å². The van der Waals surface area contributed by atoms with Crippen LogP contribution in [0.2, 0.25) is 5.15 Å². The Bertz CT molecular complexity index is 662. The van der Waals surface area contributed by atoms with Gasteiger partial charge in [0.1, 0.15) is 23.1 Å². The molecule has 1 saturated heterocycles. The molecule has 0 bridgehead atoms. The number of halogens is 1. The molecule has 2 rings (SSSR count). The number of methoxy groups -OCH3 is 1. The molecule has 9 heteroatoms. The molecule has 1 aliphatic heterocycles. The van der Waals surface area contributed by atoms with Crippen molar-refractivity contribution >= 4 is 23.8 Å². The minimum Gasteiger partial charge on any atom is -0.490 e. The average molecular weight is 386 g/mol. The van der Waals surface area contributed by atoms with Gasteiger partial charge in [0.2, 0.25) is 0 Å². The van der Waals surface area contributed by atoms with E-state index in [-0.39, 0.29) is 23.8 Å². The van der Waals surface area contributed by atoms with Crippen LogP contribution in [0, 0.1) is 0 Å². The lowest BCUT2D eigenvalue weighted by Gasteiger charge is -2.41. The SMILES string of the molecule is COC(=O)NCc1cc(OC[C@@H]2CCN2C(=O)OC(C)(C)C)cnc1Cl. The molecular weight excluding hydrogens is 362 g/mol. The molecule has 2 amide bonds. The third-order valence-corrected chi connectivity index (χ3v) is 4.05. The van der Waals surface area contributed by atoms with E-state index in [9.17, 15) is 9.59 Å². The molecule has 1 atom stereocenters. The Labute approximate surface area is 157 Å². The van der Waals surface area contributed by atoms with E-state index in [0.29, 0.717) is 24.5 Å². The minimum atomic E-state index is -0.560. The second-order valence-corrected chi connectivity index (χ2v) is 7.25. The highest BCUT2D eigenvalue weighted by atomic mass is 35.5. The number of aromatic nitrogens is 1. The summed E-state index contributed by atoms with van der Waals surface area (Å²) in [6.45, 7) is 6.64. The van der Waals surface area contributed by atoms with Gasteiger partial charge in [0, 0.05) is 18.7 Å². The number of hydrogen-bond acceptors (Lipinski definition) is 6. The Balaban J connectivity index is 1.89. The molecule has 1 aliphatic rings. The normalized spacial score (nSPS) is 16.5. The van der Waals surface area contributed by atoms with Gasteiger partial charge in [-0.25, -0.2) is 14.6 Å². The molecule has 0 spiro atoms. The monoisotopic (exact) mass is 385 g/mol. The second-order valence-electron chi connectivity index (χ2n) is 6.89. The van der Waals surface area contributed by atoms with Crippen LogP contribution < -0.4 is 10.1 Å². The maximum absolute atomic E-state index is 12.1. The van der Waals surface area contributed by atoms with E-state index >= 15 is 0 Å². The van der Waals surface area contributed by atoms with Gasteiger partial charge in [-0.05, 0) is 33.3 Å². The fourth-order valence-electron chi connectivity index (χ4n) is 2.28. The Hall–Kier alpha value is -2.22. The molecule has 0 unspecified atom stereocenters. The van der Waals surface area contributed by atoms with Crippen LogP contribution in [-0.2, 0) is 16.0 Å². The van der Waals surface area contributed by atoms with Gasteiger partial charge in [0.05, 0.1) is 19.3 Å². The maximum atomic E-state index is 12.1. The first-order valence-corrected chi connectivity index (χ1v) is 8.66. The zero-order valence-corrected chi connectivity index (χ0v) is 16.1. The van der Waals surface area contributed by atoms with Crippen molar-refractivity contribution in [1.82, 2.24) is 15.2 Å². The van der Waals surface area contributed by atoms with Crippen LogP contribution in [0.25, 0.3) is 0 Å². The van der Waals surface area contributed by atoms with Gasteiger partial charge in [-0.1, -0.05) is 11.6 Å². The lowest BCUT2D eigenvalue weighted by Crippen LogP contribution is -2.55. The van der Waals surface area contributed by atoms with Crippen LogP contribution in [0.1, 0.15) is 32.8 Å². The highest BCUT2D eigenvalue weighted by molar-refractivity contribution is 6.30. The van der Waals surface area contributed by atoms with Crippen LogP contribution in [0.5, 0.6) is 5.75 Å². The minimum absolute atomic E-state index is 0.0443. The van der Waals surface area contributed by atoms with Gasteiger partial charge < -0.3 is 24.4 Å². The number of hydrogen-bond donors (Lipinski definition) is 1. The van der Waals surface area contributed by atoms with Gasteiger partial charge in [-0.3, -0.25) is 0 Å². The number of amides is 2. The number of carbonyl (C=O) groups excluding carboxylic acids is 2. The molecular formula is C17H24ClN3O5. The predicted molar refractivity (Wildman–Crippen MR) is 95.3 cm³/mol. The Morgan fingerprint density at radius 1 is 1.42 bits per heavy atom. The topological polar surface area (TPSA) is 90.0 Å². The van der Waals surface area contributed by atoms with Crippen molar-refractivity contribution in [2.45, 2.75) is 45.4 Å². The summed E-state index contributed by atoms with van der Waals surface area (Å²) in [7, 11) is 1.28. The van der Waals surface area contributed by atoms with Gasteiger partial charge in [0.15, 0.2) is 0 Å². The summed E-state index contributed by atoms with van der Waals surface area (Å²) in [6.07, 6.45) is 1.45. The smallest absolute Gasteiger partial charge is 0.410 e. The van der Waals surface area contributed by atoms with E-state index in [4.69, 9.17) is 21.1 Å². The molecule has 0 radical (unpaired) electrons. The van der Waals surface area contributed by atoms with Gasteiger partial charge in [-0.15, -0.1) is 0 Å². The van der Waals surface area contributed by atoms with Crippen molar-refractivity contribution in [3.05, 3.63) is 23.0 Å². The predicted octanol–water partition coefficient (Wildman–Crippen LogP) is 2.98. The van der Waals surface area contributed by atoms with E-state index in [1.807, 2.05) is 20.8 Å². The van der Waals surface area contributed by atoms with E-state index in [1.165, 1.54) is 13.3 Å². The zero-order chi connectivity index (χ0) is 19.3. The highest BCUT2D eigenvalue weighted by Gasteiger charge is 2.35. The van der Waals surface area contributed by atoms with Crippen molar-refractivity contribution in [1.29, 1.82) is 0 Å². The average Bonchev–Trinajstić information content (AvgIpc) is 2.51. The fourth-order valence-corrected chi connectivity index (χ4v) is 2.45. The first kappa shape index (κ1) is 20.1. The molecule has 0 saturated carbocycles. The third-order valence-electron chi connectivity index (χ3n) is 3.71. The molecule has 8 nitrogen and oxygen atoms in total. The number of alkyl carbamates (subject to hydrolysis) is 1. The quantitative estimate of drug-likeness (QED) is 0.783. The molecule has 26 heavy (non-hydrogen) atoms. The summed E-state index contributed by atoms with van der Waals surface area (Å²) < 4.78 is 15.6. The summed E-state index contributed by atoms with van der Waals surface area (Å²) >= 11 is 6.02. The van der Waals surface area contributed by atoms with Gasteiger partial charge in [-0.2, -0.15) is 0 Å². The van der Waals surface area contributed by atoms with E-state index in [2.05, 4.69) is 15.0 Å². The standard InChI is InChI=1S/C17H24ClN3O5/c1-17(2,3)26-16(23)21-6-5-12(21)10-25-13-7-11(14(18)19-9-13)8-20-15(22)24-4/h7,9,12H,5-6,8,10H2,1-4H3,(H,20,22)/t12-/m0/s1. The van der Waals surface area contributed by atoms with Crippen LogP contribution in [0.15, 0.2) is 12.3 Å². The van der Waals surface area contributed by atoms with E-state index in [0.717, 1.165) is 6.42 Å². The van der Waals surface area contributed by atoms with Crippen molar-refractivity contribution in [2.24, 2.45) is 0 Å². The van der Waals surface area contributed by atoms with Crippen molar-refractivity contribution in [3.63, 3.8) is 0 Å². The van der Waals surface area contributed by atoms with E-state index < -0.39 is 11.7 Å². The fraction of sp³-hybridized carbons (Fsp3) is 0.588. The lowest BCUT2D eigenvalue weighted by atomic mass is 10.1. The zero-order valence-electron chi connectivity index (χ0n) is 15.4. The molecule has 1 N–H and O–H groups in total. The summed E-state index contributed by atoms with van der Waals surface area (Å²) in [6, 6.07) is 1.65. The molecule has 1 aromatic rings. The first-order valence-electron chi connectivity index (χ1n) is 8.28. The van der Waals surface area contributed by atoms with Crippen LogP contribution in [-0.4, -0.2) is 54.0 Å². The van der Waals surface area contributed by atoms with Gasteiger partial charge >= 0.3 is 12.2 Å². The number of likely N-dealkylation sites (tertiary alicyclic amines) is 1. The van der Waals surface area contributed by atoms with E-state index in [1.54, 1.807) is 11.0 Å². The van der Waals surface area contributed by atoms with Crippen molar-refractivity contribution < 1.29 is 23.8 Å². The number of nitrogens with zero attached hydrogens (tertiary/aromatic N) is 2. The summed E-state index contributed by atoms with van der Waals surface area (Å²) in [4.78, 5) is 29.0. The van der Waals surface area contributed by atoms with Gasteiger partial charge in [0.25, 0.3) is 0 Å². The Morgan fingerprint density at radius 3 is 2.73 bits per heavy atom. The molecule has 1 fully saturated rings. The van der Waals surface area contributed by atoms with Crippen LogP contribution in [0.3, 0.4) is 0 Å². The number of carbonyl (C=O) groups is 2. The summed E-state index contributed by atoms with van der Waals surface area (Å²) in [5.74, 6) is 0.507. The molecule has 144 valence electrons. The highest BCUT2D eigenvalue weighted by Crippen LogP contribution is 2.24.